The van der Waals surface area contributed by atoms with Crippen LogP contribution in [-0.2, 0) is 11.2 Å². The Morgan fingerprint density at radius 3 is 2.50 bits per heavy atom. The van der Waals surface area contributed by atoms with Gasteiger partial charge in [0.2, 0.25) is 5.91 Å². The van der Waals surface area contributed by atoms with Crippen LogP contribution in [0.15, 0.2) is 24.3 Å². The van der Waals surface area contributed by atoms with Crippen LogP contribution in [0.5, 0.6) is 0 Å². The Labute approximate surface area is 82.1 Å². The van der Waals surface area contributed by atoms with E-state index in [0.29, 0.717) is 6.42 Å². The number of hydrogen-bond acceptors (Lipinski definition) is 2. The quantitative estimate of drug-likeness (QED) is 0.734. The Morgan fingerprint density at radius 2 is 2.07 bits per heavy atom. The molecule has 0 fully saturated rings. The first kappa shape index (κ1) is 10.7. The first-order valence-electron chi connectivity index (χ1n) is 4.34. The van der Waals surface area contributed by atoms with Crippen molar-refractivity contribution in [3.8, 4) is 0 Å². The lowest BCUT2D eigenvalue weighted by atomic mass is 10.1. The summed E-state index contributed by atoms with van der Waals surface area (Å²) in [6, 6.07) is 5.61. The van der Waals surface area contributed by atoms with Gasteiger partial charge in [-0.15, -0.1) is 0 Å². The predicted octanol–water partition coefficient (Wildman–Crippen LogP) is 0.441. The Bertz CT molecular complexity index is 310. The Kier molecular flexibility index (Phi) is 3.59. The third-order valence-electron chi connectivity index (χ3n) is 2.04. The van der Waals surface area contributed by atoms with Crippen LogP contribution in [0, 0.1) is 5.82 Å². The van der Waals surface area contributed by atoms with E-state index in [2.05, 4.69) is 5.32 Å². The molecule has 76 valence electrons. The van der Waals surface area contributed by atoms with Crippen molar-refractivity contribution in [3.63, 3.8) is 0 Å². The maximum absolute atomic E-state index is 12.6. The summed E-state index contributed by atoms with van der Waals surface area (Å²) in [5.41, 5.74) is 6.03. The zero-order chi connectivity index (χ0) is 10.6. The van der Waals surface area contributed by atoms with Crippen LogP contribution >= 0.6 is 0 Å². The topological polar surface area (TPSA) is 55.1 Å². The molecule has 14 heavy (non-hydrogen) atoms. The zero-order valence-corrected chi connectivity index (χ0v) is 7.96. The number of carbonyl (C=O) groups is 1. The van der Waals surface area contributed by atoms with E-state index in [-0.39, 0.29) is 5.82 Å². The molecule has 0 bridgehead atoms. The normalized spacial score (nSPS) is 12.4. The fourth-order valence-corrected chi connectivity index (χ4v) is 1.20. The van der Waals surface area contributed by atoms with Crippen LogP contribution in [0.1, 0.15) is 5.56 Å². The van der Waals surface area contributed by atoms with Crippen molar-refractivity contribution >= 4 is 5.91 Å². The molecule has 1 amide bonds. The molecule has 0 radical (unpaired) electrons. The summed E-state index contributed by atoms with van der Waals surface area (Å²) in [7, 11) is 1.67. The van der Waals surface area contributed by atoms with Gasteiger partial charge in [-0.3, -0.25) is 4.79 Å². The monoisotopic (exact) mass is 196 g/mol. The second kappa shape index (κ2) is 4.72. The van der Waals surface area contributed by atoms with Crippen molar-refractivity contribution in [1.29, 1.82) is 0 Å². The van der Waals surface area contributed by atoms with Gasteiger partial charge in [-0.25, -0.2) is 4.39 Å². The second-order valence-electron chi connectivity index (χ2n) is 3.07. The molecule has 0 aliphatic carbocycles. The van der Waals surface area contributed by atoms with E-state index in [1.54, 1.807) is 19.2 Å². The molecule has 0 aliphatic rings. The lowest BCUT2D eigenvalue weighted by Gasteiger charge is -2.11. The zero-order valence-electron chi connectivity index (χ0n) is 7.96. The number of halogens is 1. The molecular formula is C10H13FN2O. The van der Waals surface area contributed by atoms with Crippen LogP contribution in [0.3, 0.4) is 0 Å². The highest BCUT2D eigenvalue weighted by atomic mass is 19.1. The van der Waals surface area contributed by atoms with E-state index in [0.717, 1.165) is 5.56 Å². The fourth-order valence-electron chi connectivity index (χ4n) is 1.20. The number of carbonyl (C=O) groups excluding carboxylic acids is 1. The number of rotatable bonds is 4. The molecule has 1 aromatic carbocycles. The summed E-state index contributed by atoms with van der Waals surface area (Å²) in [5.74, 6) is -0.689. The molecule has 0 aromatic heterocycles. The van der Waals surface area contributed by atoms with E-state index >= 15 is 0 Å². The van der Waals surface area contributed by atoms with Crippen LogP contribution in [0.25, 0.3) is 0 Å². The van der Waals surface area contributed by atoms with Gasteiger partial charge in [0.15, 0.2) is 0 Å². The molecule has 0 spiro atoms. The number of benzene rings is 1. The summed E-state index contributed by atoms with van der Waals surface area (Å²) < 4.78 is 12.6. The van der Waals surface area contributed by atoms with Gasteiger partial charge in [-0.1, -0.05) is 12.1 Å². The molecule has 4 heteroatoms. The van der Waals surface area contributed by atoms with Gasteiger partial charge in [0.1, 0.15) is 5.82 Å². The number of hydrogen-bond donors (Lipinski definition) is 2. The molecule has 3 N–H and O–H groups in total. The number of nitrogens with one attached hydrogen (secondary N) is 1. The largest absolute Gasteiger partial charge is 0.368 e. The number of nitrogens with two attached hydrogens (primary N) is 1. The molecule has 1 aromatic rings. The van der Waals surface area contributed by atoms with E-state index in [4.69, 9.17) is 5.73 Å². The average Bonchev–Trinajstić information content (AvgIpc) is 2.16. The van der Waals surface area contributed by atoms with Crippen LogP contribution in [0.4, 0.5) is 4.39 Å². The van der Waals surface area contributed by atoms with Crippen LogP contribution in [0.2, 0.25) is 0 Å². The molecule has 1 atom stereocenters. The third-order valence-corrected chi connectivity index (χ3v) is 2.04. The molecule has 0 aliphatic heterocycles. The molecule has 0 saturated carbocycles. The van der Waals surface area contributed by atoms with Gasteiger partial charge >= 0.3 is 0 Å². The molecule has 1 rings (SSSR count). The van der Waals surface area contributed by atoms with Gasteiger partial charge in [-0.2, -0.15) is 0 Å². The Balaban J connectivity index is 2.67. The number of likely N-dealkylation sites (N-methyl/N-ethyl adjacent to an activating group) is 1. The lowest BCUT2D eigenvalue weighted by Crippen LogP contribution is -2.40. The van der Waals surface area contributed by atoms with E-state index in [1.165, 1.54) is 12.1 Å². The standard InChI is InChI=1S/C10H13FN2O/c1-13-9(10(12)14)6-7-2-4-8(11)5-3-7/h2-5,9,13H,6H2,1H3,(H2,12,14)/t9-/m1/s1. The molecule has 0 unspecified atom stereocenters. The van der Waals surface area contributed by atoms with Crippen molar-refractivity contribution in [2.24, 2.45) is 5.73 Å². The predicted molar refractivity (Wildman–Crippen MR) is 52.1 cm³/mol. The average molecular weight is 196 g/mol. The highest BCUT2D eigenvalue weighted by molar-refractivity contribution is 5.80. The summed E-state index contributed by atoms with van der Waals surface area (Å²) in [6.07, 6.45) is 0.478. The molecule has 0 saturated heterocycles. The highest BCUT2D eigenvalue weighted by Crippen LogP contribution is 2.05. The minimum atomic E-state index is -0.406. The Morgan fingerprint density at radius 1 is 1.50 bits per heavy atom. The summed E-state index contributed by atoms with van der Waals surface area (Å²) >= 11 is 0. The summed E-state index contributed by atoms with van der Waals surface area (Å²) in [5, 5.41) is 2.80. The minimum Gasteiger partial charge on any atom is -0.368 e. The van der Waals surface area contributed by atoms with Crippen LogP contribution in [-0.4, -0.2) is 19.0 Å². The summed E-state index contributed by atoms with van der Waals surface area (Å²) in [6.45, 7) is 0. The van der Waals surface area contributed by atoms with E-state index < -0.39 is 11.9 Å². The van der Waals surface area contributed by atoms with E-state index in [1.807, 2.05) is 0 Å². The first-order chi connectivity index (χ1) is 6.63. The summed E-state index contributed by atoms with van der Waals surface area (Å²) in [4.78, 5) is 10.9. The third kappa shape index (κ3) is 2.81. The molecular weight excluding hydrogens is 183 g/mol. The molecule has 0 heterocycles. The van der Waals surface area contributed by atoms with Crippen molar-refractivity contribution < 1.29 is 9.18 Å². The smallest absolute Gasteiger partial charge is 0.234 e. The molecule has 3 nitrogen and oxygen atoms in total. The first-order valence-corrected chi connectivity index (χ1v) is 4.34. The van der Waals surface area contributed by atoms with E-state index in [9.17, 15) is 9.18 Å². The van der Waals surface area contributed by atoms with Gasteiger partial charge < -0.3 is 11.1 Å². The second-order valence-corrected chi connectivity index (χ2v) is 3.07. The number of amides is 1. The maximum atomic E-state index is 12.6. The SMILES string of the molecule is CN[C@H](Cc1ccc(F)cc1)C(N)=O. The lowest BCUT2D eigenvalue weighted by molar-refractivity contribution is -0.119. The number of primary amides is 1. The fraction of sp³-hybridized carbons (Fsp3) is 0.300. The van der Waals surface area contributed by atoms with Gasteiger partial charge in [0.25, 0.3) is 0 Å². The van der Waals surface area contributed by atoms with Crippen molar-refractivity contribution in [2.75, 3.05) is 7.05 Å². The highest BCUT2D eigenvalue weighted by Gasteiger charge is 2.12. The van der Waals surface area contributed by atoms with Crippen LogP contribution < -0.4 is 11.1 Å². The van der Waals surface area contributed by atoms with Gasteiger partial charge in [0, 0.05) is 0 Å². The van der Waals surface area contributed by atoms with Crippen molar-refractivity contribution in [1.82, 2.24) is 5.32 Å². The Hall–Kier alpha value is -1.42. The van der Waals surface area contributed by atoms with Gasteiger partial charge in [0.05, 0.1) is 6.04 Å². The minimum absolute atomic E-state index is 0.283. The van der Waals surface area contributed by atoms with Crippen molar-refractivity contribution in [2.45, 2.75) is 12.5 Å². The maximum Gasteiger partial charge on any atom is 0.234 e. The van der Waals surface area contributed by atoms with Crippen molar-refractivity contribution in [3.05, 3.63) is 35.6 Å². The van der Waals surface area contributed by atoms with Gasteiger partial charge in [-0.05, 0) is 31.2 Å².